The third-order valence-corrected chi connectivity index (χ3v) is 5.11. The Bertz CT molecular complexity index is 1160. The summed E-state index contributed by atoms with van der Waals surface area (Å²) in [5.74, 6) is 0.932. The Hall–Kier alpha value is -3.40. The van der Waals surface area contributed by atoms with E-state index in [1.165, 1.54) is 0 Å². The molecular formula is C21H26N6O4. The first-order chi connectivity index (χ1) is 15.0. The number of rotatable bonds is 5. The van der Waals surface area contributed by atoms with Gasteiger partial charge < -0.3 is 24.7 Å². The molecule has 0 unspecified atom stereocenters. The minimum absolute atomic E-state index is 0.198. The number of carbonyl (C=O) groups is 1. The molecule has 10 heteroatoms. The molecule has 1 fully saturated rings. The normalized spacial score (nSPS) is 14.1. The fourth-order valence-electron chi connectivity index (χ4n) is 3.57. The zero-order valence-electron chi connectivity index (χ0n) is 17.9. The average Bonchev–Trinajstić information content (AvgIpc) is 3.07. The molecule has 2 aromatic heterocycles. The Labute approximate surface area is 179 Å². The largest absolute Gasteiger partial charge is 0.493 e. The van der Waals surface area contributed by atoms with E-state index < -0.39 is 0 Å². The van der Waals surface area contributed by atoms with Crippen LogP contribution in [0.3, 0.4) is 0 Å². The van der Waals surface area contributed by atoms with E-state index in [-0.39, 0.29) is 11.6 Å². The lowest BCUT2D eigenvalue weighted by atomic mass is 10.1. The van der Waals surface area contributed by atoms with Crippen molar-refractivity contribution in [1.29, 1.82) is 0 Å². The number of aromatic amines is 1. The number of aryl methyl sites for hydroxylation is 2. The molecule has 1 aliphatic rings. The molecule has 31 heavy (non-hydrogen) atoms. The summed E-state index contributed by atoms with van der Waals surface area (Å²) in [7, 11) is 1.75. The van der Waals surface area contributed by atoms with Crippen LogP contribution in [0.1, 0.15) is 19.0 Å². The van der Waals surface area contributed by atoms with Crippen LogP contribution in [0.5, 0.6) is 5.75 Å². The molecule has 1 aromatic carbocycles. The van der Waals surface area contributed by atoms with E-state index in [2.05, 4.69) is 20.4 Å². The van der Waals surface area contributed by atoms with E-state index in [1.807, 2.05) is 6.92 Å². The highest BCUT2D eigenvalue weighted by molar-refractivity contribution is 5.91. The van der Waals surface area contributed by atoms with E-state index >= 15 is 0 Å². The number of aromatic nitrogens is 4. The van der Waals surface area contributed by atoms with Gasteiger partial charge in [-0.3, -0.25) is 4.79 Å². The van der Waals surface area contributed by atoms with Gasteiger partial charge in [0, 0.05) is 25.8 Å². The summed E-state index contributed by atoms with van der Waals surface area (Å²) >= 11 is 0. The number of H-pyrrole nitrogens is 1. The summed E-state index contributed by atoms with van der Waals surface area (Å²) < 4.78 is 12.8. The van der Waals surface area contributed by atoms with E-state index in [4.69, 9.17) is 9.47 Å². The van der Waals surface area contributed by atoms with Crippen molar-refractivity contribution in [1.82, 2.24) is 24.6 Å². The molecule has 0 atom stereocenters. The molecule has 0 spiro atoms. The second-order valence-electron chi connectivity index (χ2n) is 7.41. The molecule has 2 N–H and O–H groups in total. The number of carbonyl (C=O) groups excluding carboxylic acids is 1. The summed E-state index contributed by atoms with van der Waals surface area (Å²) in [6.45, 7) is 6.44. The number of nitrogens with one attached hydrogen (secondary N) is 2. The molecule has 0 bridgehead atoms. The minimum Gasteiger partial charge on any atom is -0.493 e. The van der Waals surface area contributed by atoms with Crippen molar-refractivity contribution in [3.63, 3.8) is 0 Å². The van der Waals surface area contributed by atoms with Crippen LogP contribution in [0.4, 0.5) is 10.5 Å². The standard InChI is InChI=1S/C21H26N6O4/c1-4-9-31-16-6-5-14(22-21(29)27-7-10-30-11-8-27)12-15(16)18-23-19-17(20(28)24-18)13(2)25-26(19)3/h5-6,12H,4,7-11H2,1-3H3,(H,22,29)(H,23,24,28). The highest BCUT2D eigenvalue weighted by Crippen LogP contribution is 2.31. The number of fused-ring (bicyclic) bond motifs is 1. The van der Waals surface area contributed by atoms with Crippen molar-refractivity contribution in [2.75, 3.05) is 38.2 Å². The fourth-order valence-corrected chi connectivity index (χ4v) is 3.57. The number of hydrogen-bond donors (Lipinski definition) is 2. The number of nitrogens with zero attached hydrogens (tertiary/aromatic N) is 4. The van der Waals surface area contributed by atoms with Crippen LogP contribution in [0, 0.1) is 6.92 Å². The molecule has 3 aromatic rings. The first kappa shape index (κ1) is 20.9. The molecule has 164 valence electrons. The van der Waals surface area contributed by atoms with Gasteiger partial charge in [-0.25, -0.2) is 14.5 Å². The van der Waals surface area contributed by atoms with Gasteiger partial charge in [0.05, 0.1) is 31.1 Å². The lowest BCUT2D eigenvalue weighted by molar-refractivity contribution is 0.0564. The van der Waals surface area contributed by atoms with Crippen molar-refractivity contribution in [2.24, 2.45) is 7.05 Å². The number of benzene rings is 1. The summed E-state index contributed by atoms with van der Waals surface area (Å²) in [5.41, 5.74) is 2.01. The fraction of sp³-hybridized carbons (Fsp3) is 0.429. The van der Waals surface area contributed by atoms with Gasteiger partial charge >= 0.3 is 6.03 Å². The predicted molar refractivity (Wildman–Crippen MR) is 116 cm³/mol. The molecule has 0 radical (unpaired) electrons. The van der Waals surface area contributed by atoms with E-state index in [0.717, 1.165) is 6.42 Å². The number of anilines is 1. The van der Waals surface area contributed by atoms with Crippen LogP contribution in [-0.2, 0) is 11.8 Å². The smallest absolute Gasteiger partial charge is 0.321 e. The maximum atomic E-state index is 12.7. The molecule has 4 rings (SSSR count). The molecule has 0 aliphatic carbocycles. The summed E-state index contributed by atoms with van der Waals surface area (Å²) in [5, 5.41) is 7.67. The Morgan fingerprint density at radius 1 is 1.32 bits per heavy atom. The van der Waals surface area contributed by atoms with Crippen LogP contribution in [0.15, 0.2) is 23.0 Å². The maximum Gasteiger partial charge on any atom is 0.321 e. The second kappa shape index (κ2) is 8.76. The van der Waals surface area contributed by atoms with Crippen molar-refractivity contribution in [2.45, 2.75) is 20.3 Å². The van der Waals surface area contributed by atoms with Gasteiger partial charge in [-0.05, 0) is 31.5 Å². The molecule has 10 nitrogen and oxygen atoms in total. The third-order valence-electron chi connectivity index (χ3n) is 5.11. The average molecular weight is 426 g/mol. The number of hydrogen-bond acceptors (Lipinski definition) is 6. The van der Waals surface area contributed by atoms with Crippen molar-refractivity contribution in [3.05, 3.63) is 34.2 Å². The number of ether oxygens (including phenoxy) is 2. The highest BCUT2D eigenvalue weighted by atomic mass is 16.5. The molecule has 3 heterocycles. The van der Waals surface area contributed by atoms with Crippen LogP contribution in [0.2, 0.25) is 0 Å². The SMILES string of the molecule is CCCOc1ccc(NC(=O)N2CCOCC2)cc1-c1nc2c(c(C)nn2C)c(=O)[nH]1. The van der Waals surface area contributed by atoms with Gasteiger partial charge in [0.25, 0.3) is 5.56 Å². The van der Waals surface area contributed by atoms with Crippen molar-refractivity contribution >= 4 is 22.8 Å². The topological polar surface area (TPSA) is 114 Å². The summed E-state index contributed by atoms with van der Waals surface area (Å²) in [6.07, 6.45) is 0.832. The molecular weight excluding hydrogens is 400 g/mol. The Morgan fingerprint density at radius 3 is 2.84 bits per heavy atom. The van der Waals surface area contributed by atoms with Crippen molar-refractivity contribution < 1.29 is 14.3 Å². The summed E-state index contributed by atoms with van der Waals surface area (Å²) in [6, 6.07) is 5.11. The highest BCUT2D eigenvalue weighted by Gasteiger charge is 2.19. The van der Waals surface area contributed by atoms with Gasteiger partial charge in [-0.2, -0.15) is 5.10 Å². The maximum absolute atomic E-state index is 12.7. The van der Waals surface area contributed by atoms with E-state index in [9.17, 15) is 9.59 Å². The lowest BCUT2D eigenvalue weighted by Crippen LogP contribution is -2.43. The number of amides is 2. The van der Waals surface area contributed by atoms with Gasteiger partial charge in [0.1, 0.15) is 17.0 Å². The first-order valence-corrected chi connectivity index (χ1v) is 10.3. The predicted octanol–water partition coefficient (Wildman–Crippen LogP) is 2.28. The van der Waals surface area contributed by atoms with E-state index in [0.29, 0.717) is 72.5 Å². The van der Waals surface area contributed by atoms with Gasteiger partial charge in [-0.1, -0.05) is 6.92 Å². The third kappa shape index (κ3) is 4.24. The molecule has 2 amide bonds. The van der Waals surface area contributed by atoms with Crippen LogP contribution >= 0.6 is 0 Å². The summed E-state index contributed by atoms with van der Waals surface area (Å²) in [4.78, 5) is 34.5. The van der Waals surface area contributed by atoms with Gasteiger partial charge in [0.2, 0.25) is 0 Å². The van der Waals surface area contributed by atoms with Crippen molar-refractivity contribution in [3.8, 4) is 17.1 Å². The van der Waals surface area contributed by atoms with Crippen LogP contribution in [0.25, 0.3) is 22.4 Å². The Morgan fingerprint density at radius 2 is 2.10 bits per heavy atom. The second-order valence-corrected chi connectivity index (χ2v) is 7.41. The van der Waals surface area contributed by atoms with Gasteiger partial charge in [0.15, 0.2) is 5.65 Å². The molecule has 1 saturated heterocycles. The zero-order valence-corrected chi connectivity index (χ0v) is 17.9. The molecule has 1 aliphatic heterocycles. The van der Waals surface area contributed by atoms with Gasteiger partial charge in [-0.15, -0.1) is 0 Å². The lowest BCUT2D eigenvalue weighted by Gasteiger charge is -2.27. The number of urea groups is 1. The van der Waals surface area contributed by atoms with Crippen LogP contribution in [-0.4, -0.2) is 63.6 Å². The monoisotopic (exact) mass is 426 g/mol. The van der Waals surface area contributed by atoms with E-state index in [1.54, 1.807) is 41.8 Å². The number of morpholine rings is 1. The quantitative estimate of drug-likeness (QED) is 0.647. The minimum atomic E-state index is -0.269. The Kier molecular flexibility index (Phi) is 5.90. The Balaban J connectivity index is 1.73. The van der Waals surface area contributed by atoms with Crippen LogP contribution < -0.4 is 15.6 Å². The zero-order chi connectivity index (χ0) is 22.0. The molecule has 0 saturated carbocycles. The first-order valence-electron chi connectivity index (χ1n) is 10.3.